The van der Waals surface area contributed by atoms with Gasteiger partial charge in [0.15, 0.2) is 0 Å². The van der Waals surface area contributed by atoms with Crippen LogP contribution in [0.5, 0.6) is 0 Å². The number of fused-ring (bicyclic) bond motifs is 1. The molecule has 2 amide bonds. The van der Waals surface area contributed by atoms with Gasteiger partial charge < -0.3 is 0 Å². The average Bonchev–Trinajstić information content (AvgIpc) is 2.77. The van der Waals surface area contributed by atoms with Crippen molar-refractivity contribution in [3.05, 3.63) is 29.3 Å². The molecular formula is C16H13F6NO2. The first kappa shape index (κ1) is 17.8. The van der Waals surface area contributed by atoms with Gasteiger partial charge in [0, 0.05) is 0 Å². The Morgan fingerprint density at radius 3 is 1.52 bits per heavy atom. The van der Waals surface area contributed by atoms with Crippen molar-refractivity contribution in [1.82, 2.24) is 0 Å². The molecule has 9 heteroatoms. The molecule has 2 aliphatic rings. The van der Waals surface area contributed by atoms with Gasteiger partial charge in [-0.1, -0.05) is 12.8 Å². The number of alkyl halides is 6. The molecule has 1 aliphatic heterocycles. The molecule has 0 N–H and O–H groups in total. The summed E-state index contributed by atoms with van der Waals surface area (Å²) in [7, 11) is 0. The highest BCUT2D eigenvalue weighted by molar-refractivity contribution is 6.22. The number of carbonyl (C=O) groups is 2. The van der Waals surface area contributed by atoms with Gasteiger partial charge in [0.1, 0.15) is 0 Å². The molecule has 1 aromatic rings. The van der Waals surface area contributed by atoms with E-state index in [9.17, 15) is 35.9 Å². The summed E-state index contributed by atoms with van der Waals surface area (Å²) >= 11 is 0. The lowest BCUT2D eigenvalue weighted by atomic mass is 9.81. The van der Waals surface area contributed by atoms with E-state index in [-0.39, 0.29) is 6.07 Å². The fraction of sp³-hybridized carbons (Fsp3) is 0.500. The molecule has 136 valence electrons. The van der Waals surface area contributed by atoms with E-state index in [1.54, 1.807) is 0 Å². The molecule has 1 saturated heterocycles. The number of carbonyl (C=O) groups excluding carboxylic acids is 2. The van der Waals surface area contributed by atoms with Gasteiger partial charge in [-0.2, -0.15) is 26.3 Å². The van der Waals surface area contributed by atoms with Crippen molar-refractivity contribution >= 4 is 17.5 Å². The number of hydrogen-bond acceptors (Lipinski definition) is 2. The van der Waals surface area contributed by atoms with E-state index in [0.29, 0.717) is 42.7 Å². The molecule has 0 spiro atoms. The Morgan fingerprint density at radius 1 is 0.760 bits per heavy atom. The second-order valence-electron chi connectivity index (χ2n) is 6.27. The highest BCUT2D eigenvalue weighted by Crippen LogP contribution is 2.43. The summed E-state index contributed by atoms with van der Waals surface area (Å²) in [5.74, 6) is -2.76. The maximum absolute atomic E-state index is 13.0. The first-order valence-corrected chi connectivity index (χ1v) is 7.67. The Balaban J connectivity index is 2.10. The van der Waals surface area contributed by atoms with Crippen molar-refractivity contribution in [2.45, 2.75) is 38.0 Å². The average molecular weight is 365 g/mol. The molecular weight excluding hydrogens is 352 g/mol. The predicted molar refractivity (Wildman–Crippen MR) is 74.4 cm³/mol. The van der Waals surface area contributed by atoms with Crippen LogP contribution in [0.4, 0.5) is 32.0 Å². The summed E-state index contributed by atoms with van der Waals surface area (Å²) in [5, 5.41) is 0. The summed E-state index contributed by atoms with van der Waals surface area (Å²) in [6, 6.07) is 0.812. The van der Waals surface area contributed by atoms with E-state index in [2.05, 4.69) is 0 Å². The Hall–Kier alpha value is -2.06. The van der Waals surface area contributed by atoms with E-state index in [1.807, 2.05) is 0 Å². The summed E-state index contributed by atoms with van der Waals surface area (Å²) in [5.41, 5.74) is -3.77. The van der Waals surface area contributed by atoms with Gasteiger partial charge in [0.25, 0.3) is 0 Å². The fourth-order valence-electron chi connectivity index (χ4n) is 3.48. The predicted octanol–water partition coefficient (Wildman–Crippen LogP) is 4.40. The van der Waals surface area contributed by atoms with Crippen LogP contribution < -0.4 is 4.90 Å². The maximum Gasteiger partial charge on any atom is 0.416 e. The molecule has 0 aromatic heterocycles. The second-order valence-corrected chi connectivity index (χ2v) is 6.27. The molecule has 1 aliphatic carbocycles. The van der Waals surface area contributed by atoms with Crippen LogP contribution in [0, 0.1) is 11.8 Å². The van der Waals surface area contributed by atoms with E-state index >= 15 is 0 Å². The number of rotatable bonds is 1. The van der Waals surface area contributed by atoms with Crippen LogP contribution in [0.2, 0.25) is 0 Å². The molecule has 2 fully saturated rings. The highest BCUT2D eigenvalue weighted by atomic mass is 19.4. The van der Waals surface area contributed by atoms with Crippen LogP contribution in [-0.4, -0.2) is 11.8 Å². The highest BCUT2D eigenvalue weighted by Gasteiger charge is 2.49. The van der Waals surface area contributed by atoms with Crippen LogP contribution in [-0.2, 0) is 21.9 Å². The first-order chi connectivity index (χ1) is 11.5. The summed E-state index contributed by atoms with van der Waals surface area (Å²) in [4.78, 5) is 25.3. The molecule has 3 nitrogen and oxygen atoms in total. The molecule has 1 heterocycles. The van der Waals surface area contributed by atoms with Crippen LogP contribution in [0.25, 0.3) is 0 Å². The molecule has 2 atom stereocenters. The second kappa shape index (κ2) is 5.74. The largest absolute Gasteiger partial charge is 0.416 e. The summed E-state index contributed by atoms with van der Waals surface area (Å²) in [6.45, 7) is 0. The van der Waals surface area contributed by atoms with Crippen molar-refractivity contribution in [2.24, 2.45) is 11.8 Å². The number of hydrogen-bond donors (Lipinski definition) is 0. The monoisotopic (exact) mass is 365 g/mol. The Morgan fingerprint density at radius 2 is 1.16 bits per heavy atom. The van der Waals surface area contributed by atoms with Gasteiger partial charge in [-0.25, -0.2) is 0 Å². The third kappa shape index (κ3) is 3.11. The zero-order chi connectivity index (χ0) is 18.6. The van der Waals surface area contributed by atoms with Crippen LogP contribution in [0.1, 0.15) is 36.8 Å². The lowest BCUT2D eigenvalue weighted by Crippen LogP contribution is -2.31. The number of halogens is 6. The van der Waals surface area contributed by atoms with Gasteiger partial charge >= 0.3 is 12.4 Å². The normalized spacial score (nSPS) is 24.6. The zero-order valence-corrected chi connectivity index (χ0v) is 12.7. The minimum Gasteiger partial charge on any atom is -0.274 e. The third-order valence-corrected chi connectivity index (χ3v) is 4.67. The molecule has 3 rings (SSSR count). The lowest BCUT2D eigenvalue weighted by Gasteiger charge is -2.19. The van der Waals surface area contributed by atoms with Crippen molar-refractivity contribution in [2.75, 3.05) is 4.90 Å². The molecule has 1 aromatic carbocycles. The Kier molecular flexibility index (Phi) is 4.08. The Bertz CT molecular complexity index is 668. The number of anilines is 1. The molecule has 0 radical (unpaired) electrons. The lowest BCUT2D eigenvalue weighted by molar-refractivity contribution is -0.143. The topological polar surface area (TPSA) is 37.4 Å². The maximum atomic E-state index is 13.0. The van der Waals surface area contributed by atoms with Crippen LogP contribution in [0.3, 0.4) is 0 Å². The van der Waals surface area contributed by atoms with Crippen molar-refractivity contribution < 1.29 is 35.9 Å². The van der Waals surface area contributed by atoms with E-state index in [0.717, 1.165) is 0 Å². The number of amides is 2. The van der Waals surface area contributed by atoms with E-state index in [4.69, 9.17) is 0 Å². The number of benzene rings is 1. The molecule has 1 saturated carbocycles. The van der Waals surface area contributed by atoms with Gasteiger partial charge in [0.2, 0.25) is 11.8 Å². The van der Waals surface area contributed by atoms with Crippen LogP contribution >= 0.6 is 0 Å². The SMILES string of the molecule is O=C1[C@H]2CCCC[C@@H]2C(=O)N1c1cc(C(F)(F)F)cc(C(F)(F)F)c1. The quantitative estimate of drug-likeness (QED) is 0.546. The first-order valence-electron chi connectivity index (χ1n) is 7.67. The minimum absolute atomic E-state index is 0.0262. The summed E-state index contributed by atoms with van der Waals surface area (Å²) < 4.78 is 77.7. The molecule has 0 bridgehead atoms. The smallest absolute Gasteiger partial charge is 0.274 e. The van der Waals surface area contributed by atoms with Crippen molar-refractivity contribution in [3.8, 4) is 0 Å². The van der Waals surface area contributed by atoms with E-state index < -0.39 is 52.8 Å². The minimum atomic E-state index is -5.03. The molecule has 0 unspecified atom stereocenters. The van der Waals surface area contributed by atoms with Crippen molar-refractivity contribution in [1.29, 1.82) is 0 Å². The van der Waals surface area contributed by atoms with Gasteiger partial charge in [-0.05, 0) is 31.0 Å². The fourth-order valence-corrected chi connectivity index (χ4v) is 3.48. The molecule has 25 heavy (non-hydrogen) atoms. The third-order valence-electron chi connectivity index (χ3n) is 4.67. The van der Waals surface area contributed by atoms with E-state index in [1.165, 1.54) is 0 Å². The zero-order valence-electron chi connectivity index (χ0n) is 12.7. The standard InChI is InChI=1S/C16H13F6NO2/c17-15(18,19)8-5-9(16(20,21)22)7-10(6-8)23-13(24)11-3-1-2-4-12(11)14(23)25/h5-7,11-12H,1-4H2/t11-,12-/m0/s1. The number of imide groups is 1. The van der Waals surface area contributed by atoms with Crippen molar-refractivity contribution in [3.63, 3.8) is 0 Å². The number of nitrogens with zero attached hydrogens (tertiary/aromatic N) is 1. The van der Waals surface area contributed by atoms with Crippen LogP contribution in [0.15, 0.2) is 18.2 Å². The van der Waals surface area contributed by atoms with Gasteiger partial charge in [-0.3, -0.25) is 14.5 Å². The van der Waals surface area contributed by atoms with Gasteiger partial charge in [0.05, 0.1) is 28.7 Å². The van der Waals surface area contributed by atoms with Gasteiger partial charge in [-0.15, -0.1) is 0 Å². The summed E-state index contributed by atoms with van der Waals surface area (Å²) in [6.07, 6.45) is -7.84. The Labute approximate surface area is 138 Å².